The molecule has 6 heteroatoms. The van der Waals surface area contributed by atoms with Gasteiger partial charge in [-0.2, -0.15) is 4.80 Å². The molecule has 0 saturated carbocycles. The predicted molar refractivity (Wildman–Crippen MR) is 119 cm³/mol. The molecule has 0 fully saturated rings. The summed E-state index contributed by atoms with van der Waals surface area (Å²) in [6.07, 6.45) is 0.946. The molecule has 0 unspecified atom stereocenters. The molecule has 0 aliphatic carbocycles. The standard InChI is InChI=1S/C24H24N4O2/c1-4-17-6-8-18(9-7-17)24(29)25-21-15-23-22(14-16(21)3)26-28(27-23)19-10-12-20(13-11-19)30-5-2/h6-15H,4-5H2,1-3H3,(H,25,29). The highest BCUT2D eigenvalue weighted by Gasteiger charge is 2.12. The molecule has 0 aliphatic heterocycles. The minimum Gasteiger partial charge on any atom is -0.494 e. The third-order valence-electron chi connectivity index (χ3n) is 4.98. The Labute approximate surface area is 175 Å². The third kappa shape index (κ3) is 4.03. The lowest BCUT2D eigenvalue weighted by Gasteiger charge is -2.08. The molecule has 4 rings (SSSR count). The first-order chi connectivity index (χ1) is 14.6. The van der Waals surface area contributed by atoms with Gasteiger partial charge in [-0.15, -0.1) is 10.2 Å². The van der Waals surface area contributed by atoms with Crippen LogP contribution >= 0.6 is 0 Å². The summed E-state index contributed by atoms with van der Waals surface area (Å²) < 4.78 is 5.48. The number of hydrogen-bond donors (Lipinski definition) is 1. The van der Waals surface area contributed by atoms with Gasteiger partial charge in [0.25, 0.3) is 5.91 Å². The van der Waals surface area contributed by atoms with Gasteiger partial charge in [-0.05, 0) is 79.9 Å². The molecule has 0 aliphatic rings. The van der Waals surface area contributed by atoms with Gasteiger partial charge < -0.3 is 10.1 Å². The van der Waals surface area contributed by atoms with Crippen LogP contribution < -0.4 is 10.1 Å². The first-order valence-electron chi connectivity index (χ1n) is 10.1. The van der Waals surface area contributed by atoms with Crippen LogP contribution in [0.25, 0.3) is 16.7 Å². The van der Waals surface area contributed by atoms with Gasteiger partial charge in [-0.25, -0.2) is 0 Å². The number of nitrogens with zero attached hydrogens (tertiary/aromatic N) is 3. The summed E-state index contributed by atoms with van der Waals surface area (Å²) in [5, 5.41) is 12.1. The highest BCUT2D eigenvalue weighted by molar-refractivity contribution is 6.05. The summed E-state index contributed by atoms with van der Waals surface area (Å²) in [6.45, 7) is 6.62. The van der Waals surface area contributed by atoms with E-state index in [1.807, 2.05) is 74.5 Å². The van der Waals surface area contributed by atoms with E-state index < -0.39 is 0 Å². The maximum absolute atomic E-state index is 12.6. The third-order valence-corrected chi connectivity index (χ3v) is 4.98. The van der Waals surface area contributed by atoms with Crippen molar-refractivity contribution < 1.29 is 9.53 Å². The van der Waals surface area contributed by atoms with Crippen molar-refractivity contribution in [1.82, 2.24) is 15.0 Å². The number of hydrogen-bond acceptors (Lipinski definition) is 4. The Balaban J connectivity index is 1.59. The summed E-state index contributed by atoms with van der Waals surface area (Å²) in [6, 6.07) is 19.1. The molecule has 0 radical (unpaired) electrons. The van der Waals surface area contributed by atoms with Crippen LogP contribution in [-0.2, 0) is 6.42 Å². The van der Waals surface area contributed by atoms with Crippen molar-refractivity contribution in [2.45, 2.75) is 27.2 Å². The minimum atomic E-state index is -0.140. The molecule has 6 nitrogen and oxygen atoms in total. The van der Waals surface area contributed by atoms with E-state index in [0.717, 1.165) is 34.6 Å². The van der Waals surface area contributed by atoms with Crippen molar-refractivity contribution in [1.29, 1.82) is 0 Å². The predicted octanol–water partition coefficient (Wildman–Crippen LogP) is 4.94. The maximum atomic E-state index is 12.6. The number of aryl methyl sites for hydroxylation is 2. The van der Waals surface area contributed by atoms with E-state index >= 15 is 0 Å². The van der Waals surface area contributed by atoms with E-state index in [2.05, 4.69) is 22.4 Å². The van der Waals surface area contributed by atoms with E-state index in [9.17, 15) is 4.79 Å². The van der Waals surface area contributed by atoms with Gasteiger partial charge in [0, 0.05) is 11.3 Å². The van der Waals surface area contributed by atoms with Crippen LogP contribution in [0.1, 0.15) is 35.3 Å². The van der Waals surface area contributed by atoms with Gasteiger partial charge >= 0.3 is 0 Å². The number of benzene rings is 3. The Morgan fingerprint density at radius 2 is 1.63 bits per heavy atom. The normalized spacial score (nSPS) is 10.9. The Morgan fingerprint density at radius 3 is 2.27 bits per heavy atom. The fraction of sp³-hybridized carbons (Fsp3) is 0.208. The lowest BCUT2D eigenvalue weighted by Crippen LogP contribution is -2.12. The molecule has 30 heavy (non-hydrogen) atoms. The fourth-order valence-corrected chi connectivity index (χ4v) is 3.25. The van der Waals surface area contributed by atoms with Crippen molar-refractivity contribution in [3.8, 4) is 11.4 Å². The van der Waals surface area contributed by atoms with Gasteiger partial charge in [0.15, 0.2) is 0 Å². The van der Waals surface area contributed by atoms with E-state index in [0.29, 0.717) is 17.7 Å². The Hall–Kier alpha value is -3.67. The zero-order valence-corrected chi connectivity index (χ0v) is 17.3. The fourth-order valence-electron chi connectivity index (χ4n) is 3.25. The lowest BCUT2D eigenvalue weighted by molar-refractivity contribution is 0.102. The molecular formula is C24H24N4O2. The summed E-state index contributed by atoms with van der Waals surface area (Å²) in [5.74, 6) is 0.671. The molecule has 1 amide bonds. The molecule has 0 saturated heterocycles. The molecule has 1 aromatic heterocycles. The molecule has 0 bridgehead atoms. The van der Waals surface area contributed by atoms with Crippen molar-refractivity contribution in [2.24, 2.45) is 0 Å². The van der Waals surface area contributed by atoms with Crippen molar-refractivity contribution >= 4 is 22.6 Å². The molecule has 1 heterocycles. The molecule has 152 valence electrons. The second-order valence-corrected chi connectivity index (χ2v) is 7.08. The van der Waals surface area contributed by atoms with E-state index in [4.69, 9.17) is 4.74 Å². The molecule has 3 aromatic carbocycles. The highest BCUT2D eigenvalue weighted by atomic mass is 16.5. The summed E-state index contributed by atoms with van der Waals surface area (Å²) in [7, 11) is 0. The quantitative estimate of drug-likeness (QED) is 0.498. The van der Waals surface area contributed by atoms with Gasteiger partial charge in [0.2, 0.25) is 0 Å². The van der Waals surface area contributed by atoms with Gasteiger partial charge in [-0.3, -0.25) is 4.79 Å². The van der Waals surface area contributed by atoms with Gasteiger partial charge in [-0.1, -0.05) is 19.1 Å². The zero-order chi connectivity index (χ0) is 21.1. The van der Waals surface area contributed by atoms with Crippen LogP contribution in [0.15, 0.2) is 60.7 Å². The second-order valence-electron chi connectivity index (χ2n) is 7.08. The van der Waals surface area contributed by atoms with E-state index in [1.54, 1.807) is 4.80 Å². The minimum absolute atomic E-state index is 0.140. The number of carbonyl (C=O) groups is 1. The average molecular weight is 400 g/mol. The van der Waals surface area contributed by atoms with E-state index in [-0.39, 0.29) is 5.91 Å². The Bertz CT molecular complexity index is 1180. The second kappa shape index (κ2) is 8.37. The number of amides is 1. The Kier molecular flexibility index (Phi) is 5.48. The largest absolute Gasteiger partial charge is 0.494 e. The van der Waals surface area contributed by atoms with Crippen LogP contribution in [0, 0.1) is 6.92 Å². The highest BCUT2D eigenvalue weighted by Crippen LogP contribution is 2.23. The number of rotatable bonds is 6. The average Bonchev–Trinajstić information content (AvgIpc) is 3.17. The molecule has 1 N–H and O–H groups in total. The lowest BCUT2D eigenvalue weighted by atomic mass is 10.1. The van der Waals surface area contributed by atoms with Crippen LogP contribution in [0.5, 0.6) is 5.75 Å². The molecule has 0 atom stereocenters. The number of anilines is 1. The van der Waals surface area contributed by atoms with Crippen molar-refractivity contribution in [2.75, 3.05) is 11.9 Å². The monoisotopic (exact) mass is 400 g/mol. The zero-order valence-electron chi connectivity index (χ0n) is 17.3. The molecule has 4 aromatic rings. The summed E-state index contributed by atoms with van der Waals surface area (Å²) in [4.78, 5) is 14.2. The summed E-state index contributed by atoms with van der Waals surface area (Å²) >= 11 is 0. The first-order valence-corrected chi connectivity index (χ1v) is 10.1. The molecule has 0 spiro atoms. The van der Waals surface area contributed by atoms with Crippen LogP contribution in [0.2, 0.25) is 0 Å². The van der Waals surface area contributed by atoms with Gasteiger partial charge in [0.05, 0.1) is 12.3 Å². The number of carbonyl (C=O) groups excluding carboxylic acids is 1. The number of ether oxygens (including phenoxy) is 1. The van der Waals surface area contributed by atoms with Gasteiger partial charge in [0.1, 0.15) is 16.8 Å². The number of fused-ring (bicyclic) bond motifs is 1. The van der Waals surface area contributed by atoms with Crippen LogP contribution in [0.4, 0.5) is 5.69 Å². The topological polar surface area (TPSA) is 69.0 Å². The summed E-state index contributed by atoms with van der Waals surface area (Å²) in [5.41, 5.74) is 5.82. The number of nitrogens with one attached hydrogen (secondary N) is 1. The maximum Gasteiger partial charge on any atom is 0.255 e. The van der Waals surface area contributed by atoms with Crippen LogP contribution in [0.3, 0.4) is 0 Å². The van der Waals surface area contributed by atoms with E-state index in [1.165, 1.54) is 5.56 Å². The Morgan fingerprint density at radius 1 is 0.967 bits per heavy atom. The van der Waals surface area contributed by atoms with Crippen molar-refractivity contribution in [3.05, 3.63) is 77.4 Å². The van der Waals surface area contributed by atoms with Crippen molar-refractivity contribution in [3.63, 3.8) is 0 Å². The SMILES string of the molecule is CCOc1ccc(-n2nc3cc(C)c(NC(=O)c4ccc(CC)cc4)cc3n2)cc1. The number of aromatic nitrogens is 3. The smallest absolute Gasteiger partial charge is 0.255 e. The molecular weight excluding hydrogens is 376 g/mol. The first kappa shape index (κ1) is 19.6. The van der Waals surface area contributed by atoms with Crippen LogP contribution in [-0.4, -0.2) is 27.5 Å².